The van der Waals surface area contributed by atoms with E-state index in [1.165, 1.54) is 26.5 Å². The molecule has 10 nitrogen and oxygen atoms in total. The summed E-state index contributed by atoms with van der Waals surface area (Å²) in [5.41, 5.74) is 1.27. The van der Waals surface area contributed by atoms with Gasteiger partial charge in [0.2, 0.25) is 0 Å². The van der Waals surface area contributed by atoms with Gasteiger partial charge in [0.1, 0.15) is 4.21 Å². The van der Waals surface area contributed by atoms with E-state index in [-0.39, 0.29) is 30.6 Å². The van der Waals surface area contributed by atoms with Gasteiger partial charge in [-0.1, -0.05) is 29.8 Å². The number of halogens is 1. The lowest BCUT2D eigenvalue weighted by Gasteiger charge is -2.33. The molecule has 0 atom stereocenters. The molecule has 1 saturated heterocycles. The minimum Gasteiger partial charge on any atom is -0.358 e. The van der Waals surface area contributed by atoms with Crippen molar-refractivity contribution in [2.75, 3.05) is 26.2 Å². The first-order chi connectivity index (χ1) is 15.3. The van der Waals surface area contributed by atoms with Gasteiger partial charge in [0.25, 0.3) is 15.9 Å². The van der Waals surface area contributed by atoms with Gasteiger partial charge in [0.15, 0.2) is 5.02 Å². The van der Waals surface area contributed by atoms with E-state index >= 15 is 0 Å². The fourth-order valence-corrected chi connectivity index (χ4v) is 6.17. The second-order valence-corrected chi connectivity index (χ2v) is 10.6. The van der Waals surface area contributed by atoms with E-state index in [9.17, 15) is 23.3 Å². The molecule has 0 saturated carbocycles. The predicted octanol–water partition coefficient (Wildman–Crippen LogP) is 2.70. The van der Waals surface area contributed by atoms with Gasteiger partial charge in [-0.05, 0) is 34.1 Å². The van der Waals surface area contributed by atoms with Crippen molar-refractivity contribution in [3.8, 4) is 0 Å². The van der Waals surface area contributed by atoms with Crippen LogP contribution < -0.4 is 0 Å². The Morgan fingerprint density at radius 1 is 1.16 bits per heavy atom. The molecule has 0 unspecified atom stereocenters. The summed E-state index contributed by atoms with van der Waals surface area (Å²) in [4.78, 5) is 24.7. The molecule has 168 valence electrons. The molecule has 4 rings (SSSR count). The number of carbonyl (C=O) groups excluding carboxylic acids is 1. The van der Waals surface area contributed by atoms with Gasteiger partial charge in [-0.15, -0.1) is 11.3 Å². The second kappa shape index (κ2) is 8.98. The van der Waals surface area contributed by atoms with Gasteiger partial charge in [0, 0.05) is 31.7 Å². The van der Waals surface area contributed by atoms with Crippen LogP contribution in [0.2, 0.25) is 5.02 Å². The van der Waals surface area contributed by atoms with Crippen molar-refractivity contribution in [1.29, 1.82) is 0 Å². The second-order valence-electron chi connectivity index (χ2n) is 7.08. The maximum Gasteiger partial charge on any atom is 0.408 e. The predicted molar refractivity (Wildman–Crippen MR) is 118 cm³/mol. The number of rotatable bonds is 6. The molecular weight excluding hydrogens is 478 g/mol. The highest BCUT2D eigenvalue weighted by atomic mass is 35.5. The maximum atomic E-state index is 12.8. The lowest BCUT2D eigenvalue weighted by atomic mass is 10.1. The molecule has 32 heavy (non-hydrogen) atoms. The van der Waals surface area contributed by atoms with Crippen LogP contribution in [-0.4, -0.2) is 64.4 Å². The summed E-state index contributed by atoms with van der Waals surface area (Å²) < 4.78 is 28.3. The molecule has 0 radical (unpaired) electrons. The van der Waals surface area contributed by atoms with E-state index < -0.39 is 20.8 Å². The van der Waals surface area contributed by atoms with Gasteiger partial charge in [-0.25, -0.2) is 8.42 Å². The number of aromatic nitrogens is 2. The minimum absolute atomic E-state index is 0.0398. The highest BCUT2D eigenvalue weighted by Gasteiger charge is 2.31. The van der Waals surface area contributed by atoms with Crippen molar-refractivity contribution in [2.45, 2.75) is 10.8 Å². The normalized spacial score (nSPS) is 15.1. The fraction of sp³-hybridized carbons (Fsp3) is 0.263. The van der Waals surface area contributed by atoms with Crippen LogP contribution in [0.4, 0.5) is 5.82 Å². The number of sulfonamides is 1. The van der Waals surface area contributed by atoms with Crippen LogP contribution in [0.5, 0.6) is 0 Å². The minimum atomic E-state index is -3.52. The fourth-order valence-electron chi connectivity index (χ4n) is 3.38. The lowest BCUT2D eigenvalue weighted by Crippen LogP contribution is -2.50. The molecule has 0 aliphatic carbocycles. The third-order valence-corrected chi connectivity index (χ3v) is 8.57. The third-order valence-electron chi connectivity index (χ3n) is 5.03. The van der Waals surface area contributed by atoms with Crippen molar-refractivity contribution >= 4 is 44.7 Å². The zero-order chi connectivity index (χ0) is 22.9. The standard InChI is InChI=1S/C19H18ClN5O5S2/c20-16-13-23(21-18(16)25(27)28)12-14-3-5-15(6-4-14)19(26)22-7-9-24(10-8-22)32(29,30)17-2-1-11-31-17/h1-6,11,13H,7-10,12H2. The highest BCUT2D eigenvalue weighted by molar-refractivity contribution is 7.91. The number of hydrogen-bond acceptors (Lipinski definition) is 7. The largest absolute Gasteiger partial charge is 0.408 e. The van der Waals surface area contributed by atoms with Crippen LogP contribution in [0.3, 0.4) is 0 Å². The van der Waals surface area contributed by atoms with E-state index in [1.54, 1.807) is 46.7 Å². The number of amides is 1. The first kappa shape index (κ1) is 22.4. The average molecular weight is 496 g/mol. The Bertz CT molecular complexity index is 1230. The van der Waals surface area contributed by atoms with E-state index in [0.29, 0.717) is 22.9 Å². The Hall–Kier alpha value is -2.80. The molecular formula is C19H18ClN5O5S2. The molecule has 0 N–H and O–H groups in total. The molecule has 1 aliphatic heterocycles. The Morgan fingerprint density at radius 3 is 2.41 bits per heavy atom. The third kappa shape index (κ3) is 4.53. The Labute approximate surface area is 192 Å². The van der Waals surface area contributed by atoms with Crippen LogP contribution >= 0.6 is 22.9 Å². The zero-order valence-corrected chi connectivity index (χ0v) is 19.0. The molecule has 0 spiro atoms. The number of benzene rings is 1. The molecule has 1 fully saturated rings. The molecule has 1 aromatic carbocycles. The summed E-state index contributed by atoms with van der Waals surface area (Å²) in [6, 6.07) is 10.1. The molecule has 0 bridgehead atoms. The number of nitro groups is 1. The molecule has 2 aromatic heterocycles. The van der Waals surface area contributed by atoms with Gasteiger partial charge in [0.05, 0.1) is 17.8 Å². The van der Waals surface area contributed by atoms with Crippen LogP contribution in [0.15, 0.2) is 52.2 Å². The quantitative estimate of drug-likeness (QED) is 0.383. The summed E-state index contributed by atoms with van der Waals surface area (Å²) in [7, 11) is -3.52. The molecule has 1 aliphatic rings. The van der Waals surface area contributed by atoms with Crippen molar-refractivity contribution in [3.05, 3.63) is 74.2 Å². The van der Waals surface area contributed by atoms with Crippen LogP contribution in [0, 0.1) is 10.1 Å². The summed E-state index contributed by atoms with van der Waals surface area (Å²) >= 11 is 6.99. The Balaban J connectivity index is 1.37. The number of carbonyl (C=O) groups is 1. The summed E-state index contributed by atoms with van der Waals surface area (Å²) in [5.74, 6) is -0.582. The van der Waals surface area contributed by atoms with Crippen molar-refractivity contribution in [1.82, 2.24) is 19.0 Å². The average Bonchev–Trinajstić information content (AvgIpc) is 3.44. The topological polar surface area (TPSA) is 119 Å². The lowest BCUT2D eigenvalue weighted by molar-refractivity contribution is -0.389. The molecule has 1 amide bonds. The van der Waals surface area contributed by atoms with Crippen LogP contribution in [0.1, 0.15) is 15.9 Å². The Kier molecular flexibility index (Phi) is 6.29. The van der Waals surface area contributed by atoms with Crippen LogP contribution in [-0.2, 0) is 16.6 Å². The molecule has 13 heteroatoms. The van der Waals surface area contributed by atoms with E-state index in [2.05, 4.69) is 5.10 Å². The van der Waals surface area contributed by atoms with Crippen molar-refractivity contribution in [2.24, 2.45) is 0 Å². The summed E-state index contributed by atoms with van der Waals surface area (Å²) in [6.45, 7) is 1.36. The van der Waals surface area contributed by atoms with Crippen LogP contribution in [0.25, 0.3) is 0 Å². The Morgan fingerprint density at radius 2 is 1.84 bits per heavy atom. The summed E-state index contributed by atoms with van der Waals surface area (Å²) in [6.07, 6.45) is 1.38. The van der Waals surface area contributed by atoms with Gasteiger partial charge in [-0.3, -0.25) is 4.79 Å². The molecule has 3 aromatic rings. The van der Waals surface area contributed by atoms with E-state index in [0.717, 1.165) is 5.56 Å². The SMILES string of the molecule is O=C(c1ccc(Cn2cc(Cl)c([N+](=O)[O-])n2)cc1)N1CCN(S(=O)(=O)c2cccs2)CC1. The summed E-state index contributed by atoms with van der Waals surface area (Å²) in [5, 5.41) is 16.4. The van der Waals surface area contributed by atoms with Gasteiger partial charge >= 0.3 is 5.82 Å². The van der Waals surface area contributed by atoms with Gasteiger partial charge in [-0.2, -0.15) is 8.99 Å². The monoisotopic (exact) mass is 495 g/mol. The van der Waals surface area contributed by atoms with Crippen molar-refractivity contribution < 1.29 is 18.1 Å². The van der Waals surface area contributed by atoms with E-state index in [4.69, 9.17) is 11.6 Å². The number of thiophene rings is 1. The van der Waals surface area contributed by atoms with Gasteiger partial charge < -0.3 is 15.0 Å². The van der Waals surface area contributed by atoms with E-state index in [1.807, 2.05) is 0 Å². The zero-order valence-electron chi connectivity index (χ0n) is 16.6. The highest BCUT2D eigenvalue weighted by Crippen LogP contribution is 2.23. The first-order valence-corrected chi connectivity index (χ1v) is 12.2. The van der Waals surface area contributed by atoms with Crippen molar-refractivity contribution in [3.63, 3.8) is 0 Å². The number of piperazine rings is 1. The molecule has 3 heterocycles. The first-order valence-electron chi connectivity index (χ1n) is 9.55. The number of hydrogen-bond donors (Lipinski definition) is 0. The smallest absolute Gasteiger partial charge is 0.358 e. The number of nitrogens with zero attached hydrogens (tertiary/aromatic N) is 5. The maximum absolute atomic E-state index is 12.8.